The first kappa shape index (κ1) is 88.2. The summed E-state index contributed by atoms with van der Waals surface area (Å²) in [5.74, 6) is -2.29. The zero-order valence-electron chi connectivity index (χ0n) is 60.6. The lowest BCUT2D eigenvalue weighted by atomic mass is 10.0. The van der Waals surface area contributed by atoms with Crippen LogP contribution in [-0.4, -0.2) is 82.3 Å². The Hall–Kier alpha value is -4.83. The number of hydrogen-bond donors (Lipinski definition) is 0. The van der Waals surface area contributed by atoms with Gasteiger partial charge in [0, 0.05) is 12.8 Å². The van der Waals surface area contributed by atoms with Gasteiger partial charge in [-0.25, -0.2) is 0 Å². The molecule has 9 nitrogen and oxygen atoms in total. The Morgan fingerprint density at radius 3 is 0.860 bits per heavy atom. The Kier molecular flexibility index (Phi) is 69.2. The molecule has 0 aromatic carbocycles. The van der Waals surface area contributed by atoms with Crippen LogP contribution in [0.15, 0.2) is 146 Å². The van der Waals surface area contributed by atoms with Gasteiger partial charge >= 0.3 is 11.9 Å². The number of esters is 2. The second-order valence-electron chi connectivity index (χ2n) is 26.2. The quantitative estimate of drug-likeness (QED) is 0.0195. The van der Waals surface area contributed by atoms with Crippen molar-refractivity contribution in [2.45, 2.75) is 322 Å². The van der Waals surface area contributed by atoms with E-state index in [0.29, 0.717) is 17.4 Å². The summed E-state index contributed by atoms with van der Waals surface area (Å²) in [7, 11) is 5.93. The molecule has 0 spiro atoms. The van der Waals surface area contributed by atoms with Crippen LogP contribution >= 0.6 is 0 Å². The molecular formula is C84H141NO8. The first-order valence-corrected chi connectivity index (χ1v) is 38.0. The van der Waals surface area contributed by atoms with Gasteiger partial charge in [-0.05, 0) is 116 Å². The fourth-order valence-corrected chi connectivity index (χ4v) is 10.4. The number of carboxylic acids is 1. The smallest absolute Gasteiger partial charge is 0.306 e. The highest BCUT2D eigenvalue weighted by atomic mass is 16.7. The molecule has 2 atom stereocenters. The molecule has 2 unspecified atom stereocenters. The van der Waals surface area contributed by atoms with Crippen LogP contribution in [-0.2, 0) is 33.3 Å². The summed E-state index contributed by atoms with van der Waals surface area (Å²) in [5, 5.41) is 11.9. The summed E-state index contributed by atoms with van der Waals surface area (Å²) in [4.78, 5) is 37.6. The maximum Gasteiger partial charge on any atom is 0.306 e. The molecule has 0 rings (SSSR count). The van der Waals surface area contributed by atoms with E-state index in [2.05, 4.69) is 160 Å². The highest BCUT2D eigenvalue weighted by Gasteiger charge is 2.22. The molecule has 0 aliphatic rings. The van der Waals surface area contributed by atoms with Crippen molar-refractivity contribution in [1.82, 2.24) is 0 Å². The van der Waals surface area contributed by atoms with Crippen molar-refractivity contribution >= 4 is 17.9 Å². The molecule has 0 aromatic heterocycles. The van der Waals surface area contributed by atoms with Gasteiger partial charge in [0.15, 0.2) is 12.4 Å². The van der Waals surface area contributed by atoms with Crippen molar-refractivity contribution in [3.05, 3.63) is 146 Å². The van der Waals surface area contributed by atoms with Gasteiger partial charge in [-0.1, -0.05) is 327 Å². The summed E-state index contributed by atoms with van der Waals surface area (Å²) in [5.41, 5.74) is 0. The molecule has 0 aliphatic carbocycles. The minimum atomic E-state index is -1.63. The van der Waals surface area contributed by atoms with Crippen LogP contribution in [0.1, 0.15) is 309 Å². The monoisotopic (exact) mass is 1290 g/mol. The molecular weight excluding hydrogens is 1150 g/mol. The first-order valence-electron chi connectivity index (χ1n) is 38.0. The third kappa shape index (κ3) is 74.4. The van der Waals surface area contributed by atoms with Gasteiger partial charge in [0.1, 0.15) is 13.2 Å². The van der Waals surface area contributed by atoms with Crippen molar-refractivity contribution in [3.8, 4) is 0 Å². The van der Waals surface area contributed by atoms with Crippen molar-refractivity contribution < 1.29 is 42.9 Å². The minimum absolute atomic E-state index is 0.141. The Morgan fingerprint density at radius 2 is 0.581 bits per heavy atom. The lowest BCUT2D eigenvalue weighted by Gasteiger charge is -2.26. The third-order valence-electron chi connectivity index (χ3n) is 16.1. The lowest BCUT2D eigenvalue weighted by molar-refractivity contribution is -0.870. The Morgan fingerprint density at radius 1 is 0.323 bits per heavy atom. The number of quaternary nitrogens is 1. The number of hydrogen-bond acceptors (Lipinski definition) is 8. The highest BCUT2D eigenvalue weighted by Crippen LogP contribution is 2.18. The summed E-state index contributed by atoms with van der Waals surface area (Å²) >= 11 is 0. The van der Waals surface area contributed by atoms with E-state index >= 15 is 0 Å². The topological polar surface area (TPSA) is 111 Å². The van der Waals surface area contributed by atoms with Crippen LogP contribution in [0.5, 0.6) is 0 Å². The largest absolute Gasteiger partial charge is 0.545 e. The maximum atomic E-state index is 13.0. The molecule has 0 aliphatic heterocycles. The second kappa shape index (κ2) is 73.0. The fraction of sp³-hybridized carbons (Fsp3) is 0.679. The minimum Gasteiger partial charge on any atom is -0.545 e. The number of allylic oxidation sites excluding steroid dienone is 24. The molecule has 93 heavy (non-hydrogen) atoms. The van der Waals surface area contributed by atoms with Gasteiger partial charge in [0.2, 0.25) is 0 Å². The summed E-state index contributed by atoms with van der Waals surface area (Å²) in [6.07, 6.45) is 104. The van der Waals surface area contributed by atoms with Crippen LogP contribution in [0, 0.1) is 0 Å². The fourth-order valence-electron chi connectivity index (χ4n) is 10.4. The van der Waals surface area contributed by atoms with Gasteiger partial charge in [0.05, 0.1) is 40.3 Å². The summed E-state index contributed by atoms with van der Waals surface area (Å²) in [6.45, 7) is 4.53. The van der Waals surface area contributed by atoms with E-state index in [1.54, 1.807) is 0 Å². The van der Waals surface area contributed by atoms with E-state index in [-0.39, 0.29) is 38.6 Å². The molecule has 0 aromatic rings. The standard InChI is InChI=1S/C84H141NO8/c1-6-8-10-12-14-16-18-20-22-24-26-28-30-32-34-36-38-40-41-43-44-46-48-50-52-54-56-58-60-62-64-66-68-70-72-74-81(86)91-78-80(79-92-84(83(88)89)90-77-76-85(3,4)5)93-82(87)75-73-71-69-67-65-63-61-59-57-55-53-51-49-47-45-42-39-37-35-33-31-29-27-25-23-21-19-17-15-13-11-9-7-2/h8-11,14-17,20-23,26-29,33,35,39,42,47,49,53,55,80,84H,6-7,12-13,18-19,24-25,30-32,34,36-38,40-41,43-46,48,50-52,54,56-79H2,1-5H3/b10-8-,11-9-,16-14-,17-15-,22-20-,23-21-,28-26-,29-27-,35-33-,42-39-,49-47-,55-53-. The SMILES string of the molecule is CC/C=C\C/C=C\C/C=C\C/C=C\C/C=C\C/C=C\C/C=C\C/C=C\CCCCCCCCCCC(=O)OC(COC(=O)CCCCCCCCCCCCCCCCCCCCCCCC/C=C\C/C=C\C/C=C\C/C=C\CC)COC(OCC[N+](C)(C)C)C(=O)[O-]. The molecule has 0 radical (unpaired) electrons. The molecule has 530 valence electrons. The number of ether oxygens (including phenoxy) is 4. The van der Waals surface area contributed by atoms with Crippen molar-refractivity contribution in [1.29, 1.82) is 0 Å². The van der Waals surface area contributed by atoms with Crippen molar-refractivity contribution in [2.24, 2.45) is 0 Å². The van der Waals surface area contributed by atoms with Gasteiger partial charge in [-0.15, -0.1) is 0 Å². The van der Waals surface area contributed by atoms with Gasteiger partial charge in [0.25, 0.3) is 0 Å². The predicted molar refractivity (Wildman–Crippen MR) is 398 cm³/mol. The molecule has 0 N–H and O–H groups in total. The number of rotatable bonds is 69. The van der Waals surface area contributed by atoms with Crippen LogP contribution in [0.2, 0.25) is 0 Å². The van der Waals surface area contributed by atoms with E-state index in [4.69, 9.17) is 18.9 Å². The first-order chi connectivity index (χ1) is 45.6. The van der Waals surface area contributed by atoms with Crippen LogP contribution in [0.4, 0.5) is 0 Å². The molecule has 9 heteroatoms. The van der Waals surface area contributed by atoms with Crippen LogP contribution < -0.4 is 5.11 Å². The average Bonchev–Trinajstić information content (AvgIpc) is 3.74. The van der Waals surface area contributed by atoms with E-state index in [1.807, 2.05) is 21.1 Å². The zero-order chi connectivity index (χ0) is 67.5. The highest BCUT2D eigenvalue weighted by molar-refractivity contribution is 5.70. The lowest BCUT2D eigenvalue weighted by Crippen LogP contribution is -2.44. The molecule has 0 saturated heterocycles. The van der Waals surface area contributed by atoms with Gasteiger partial charge in [-0.3, -0.25) is 9.59 Å². The Labute approximate surface area is 572 Å². The van der Waals surface area contributed by atoms with E-state index in [9.17, 15) is 19.5 Å². The zero-order valence-corrected chi connectivity index (χ0v) is 60.6. The molecule has 0 fully saturated rings. The maximum absolute atomic E-state index is 13.0. The number of carboxylic acid groups (broad SMARTS) is 1. The number of carbonyl (C=O) groups is 3. The number of likely N-dealkylation sites (N-methyl/N-ethyl adjacent to an activating group) is 1. The van der Waals surface area contributed by atoms with E-state index < -0.39 is 24.3 Å². The molecule has 0 heterocycles. The predicted octanol–water partition coefficient (Wildman–Crippen LogP) is 22.9. The number of aliphatic carboxylic acids is 1. The second-order valence-corrected chi connectivity index (χ2v) is 26.2. The van der Waals surface area contributed by atoms with Crippen molar-refractivity contribution in [2.75, 3.05) is 47.5 Å². The Balaban J connectivity index is 4.10. The number of unbranched alkanes of at least 4 members (excludes halogenated alkanes) is 30. The van der Waals surface area contributed by atoms with E-state index in [0.717, 1.165) is 122 Å². The number of nitrogens with zero attached hydrogens (tertiary/aromatic N) is 1. The van der Waals surface area contributed by atoms with Crippen LogP contribution in [0.25, 0.3) is 0 Å². The van der Waals surface area contributed by atoms with Gasteiger partial charge < -0.3 is 33.3 Å². The average molecular weight is 1290 g/mol. The van der Waals surface area contributed by atoms with Crippen LogP contribution in [0.3, 0.4) is 0 Å². The summed E-state index contributed by atoms with van der Waals surface area (Å²) in [6, 6.07) is 0. The normalized spacial score (nSPS) is 13.5. The Bertz CT molecular complexity index is 2040. The van der Waals surface area contributed by atoms with Crippen molar-refractivity contribution in [3.63, 3.8) is 0 Å². The van der Waals surface area contributed by atoms with Gasteiger partial charge in [-0.2, -0.15) is 0 Å². The number of carbonyl (C=O) groups excluding carboxylic acids is 3. The molecule has 0 saturated carbocycles. The molecule has 0 bridgehead atoms. The summed E-state index contributed by atoms with van der Waals surface area (Å²) < 4.78 is 22.8. The third-order valence-corrected chi connectivity index (χ3v) is 16.1. The molecule has 0 amide bonds. The van der Waals surface area contributed by atoms with E-state index in [1.165, 1.54) is 154 Å².